The zero-order valence-electron chi connectivity index (χ0n) is 11.7. The summed E-state index contributed by atoms with van der Waals surface area (Å²) in [4.78, 5) is 11.1. The van der Waals surface area contributed by atoms with Crippen molar-refractivity contribution < 1.29 is 14.3 Å². The van der Waals surface area contributed by atoms with E-state index in [4.69, 9.17) is 15.2 Å². The summed E-state index contributed by atoms with van der Waals surface area (Å²) in [7, 11) is 0. The number of primary amides is 1. The van der Waals surface area contributed by atoms with E-state index in [-0.39, 0.29) is 6.79 Å². The van der Waals surface area contributed by atoms with E-state index in [0.717, 1.165) is 28.3 Å². The van der Waals surface area contributed by atoms with Crippen molar-refractivity contribution in [2.24, 2.45) is 5.73 Å². The van der Waals surface area contributed by atoms with Gasteiger partial charge in [-0.05, 0) is 36.8 Å². The number of rotatable bonds is 4. The van der Waals surface area contributed by atoms with Crippen molar-refractivity contribution in [3.63, 3.8) is 0 Å². The van der Waals surface area contributed by atoms with Crippen LogP contribution in [0.25, 0.3) is 0 Å². The van der Waals surface area contributed by atoms with Gasteiger partial charge in [0.25, 0.3) is 0 Å². The van der Waals surface area contributed by atoms with Gasteiger partial charge in [0.2, 0.25) is 12.7 Å². The van der Waals surface area contributed by atoms with Gasteiger partial charge in [-0.25, -0.2) is 0 Å². The van der Waals surface area contributed by atoms with Crippen LogP contribution in [0.5, 0.6) is 11.5 Å². The minimum Gasteiger partial charge on any atom is -0.454 e. The van der Waals surface area contributed by atoms with Crippen LogP contribution in [0, 0.1) is 6.92 Å². The summed E-state index contributed by atoms with van der Waals surface area (Å²) in [6.45, 7) is 2.81. The molecule has 0 bridgehead atoms. The van der Waals surface area contributed by atoms with E-state index in [2.05, 4.69) is 5.32 Å². The Morgan fingerprint density at radius 2 is 2.14 bits per heavy atom. The van der Waals surface area contributed by atoms with Crippen molar-refractivity contribution in [2.45, 2.75) is 13.5 Å². The number of aryl methyl sites for hydroxylation is 1. The van der Waals surface area contributed by atoms with E-state index in [0.29, 0.717) is 12.1 Å². The number of anilines is 1. The van der Waals surface area contributed by atoms with Gasteiger partial charge in [0.15, 0.2) is 11.5 Å². The van der Waals surface area contributed by atoms with Crippen LogP contribution in [0.2, 0.25) is 0 Å². The number of fused-ring (bicyclic) bond motifs is 1. The minimum absolute atomic E-state index is 0.263. The summed E-state index contributed by atoms with van der Waals surface area (Å²) in [5.74, 6) is 1.14. The van der Waals surface area contributed by atoms with Gasteiger partial charge in [0, 0.05) is 23.4 Å². The highest BCUT2D eigenvalue weighted by Crippen LogP contribution is 2.35. The number of carbonyl (C=O) groups excluding carboxylic acids is 1. The van der Waals surface area contributed by atoms with Gasteiger partial charge >= 0.3 is 0 Å². The van der Waals surface area contributed by atoms with Crippen LogP contribution in [-0.2, 0) is 6.54 Å². The molecule has 2 aromatic carbocycles. The number of ether oxygens (including phenoxy) is 2. The Bertz CT molecular complexity index is 698. The largest absolute Gasteiger partial charge is 0.454 e. The summed E-state index contributed by atoms with van der Waals surface area (Å²) in [5.41, 5.74) is 8.73. The second-order valence-electron chi connectivity index (χ2n) is 4.90. The summed E-state index contributed by atoms with van der Waals surface area (Å²) < 4.78 is 10.8. The molecule has 21 heavy (non-hydrogen) atoms. The topological polar surface area (TPSA) is 73.6 Å². The number of amides is 1. The van der Waals surface area contributed by atoms with Gasteiger partial charge in [0.1, 0.15) is 0 Å². The lowest BCUT2D eigenvalue weighted by atomic mass is 10.1. The Morgan fingerprint density at radius 1 is 1.29 bits per heavy atom. The van der Waals surface area contributed by atoms with Crippen molar-refractivity contribution in [2.75, 3.05) is 12.1 Å². The van der Waals surface area contributed by atoms with Crippen LogP contribution in [-0.4, -0.2) is 12.7 Å². The molecular weight excluding hydrogens is 268 g/mol. The van der Waals surface area contributed by atoms with E-state index < -0.39 is 5.91 Å². The first kappa shape index (κ1) is 13.3. The Hall–Kier alpha value is -2.69. The highest BCUT2D eigenvalue weighted by molar-refractivity contribution is 5.93. The molecule has 0 unspecified atom stereocenters. The normalized spacial score (nSPS) is 12.2. The molecule has 108 valence electrons. The summed E-state index contributed by atoms with van der Waals surface area (Å²) in [6, 6.07) is 11.2. The average molecular weight is 284 g/mol. The van der Waals surface area contributed by atoms with Crippen LogP contribution in [0.15, 0.2) is 36.4 Å². The molecule has 1 heterocycles. The summed E-state index contributed by atoms with van der Waals surface area (Å²) in [6.07, 6.45) is 0. The molecule has 0 spiro atoms. The first-order valence-electron chi connectivity index (χ1n) is 6.67. The number of hydrogen-bond acceptors (Lipinski definition) is 4. The second kappa shape index (κ2) is 5.36. The maximum Gasteiger partial charge on any atom is 0.248 e. The third kappa shape index (κ3) is 2.63. The number of nitrogens with one attached hydrogen (secondary N) is 1. The van der Waals surface area contributed by atoms with Crippen molar-refractivity contribution >= 4 is 11.6 Å². The highest BCUT2D eigenvalue weighted by Gasteiger charge is 2.16. The first-order chi connectivity index (χ1) is 10.1. The highest BCUT2D eigenvalue weighted by atomic mass is 16.7. The fourth-order valence-electron chi connectivity index (χ4n) is 2.34. The predicted molar refractivity (Wildman–Crippen MR) is 79.6 cm³/mol. The molecule has 5 heteroatoms. The third-order valence-electron chi connectivity index (χ3n) is 3.46. The standard InChI is InChI=1S/C16H16N2O3/c1-10-7-11(16(17)19)5-6-13(10)18-8-12-3-2-4-14-15(12)21-9-20-14/h2-7,18H,8-9H2,1H3,(H2,17,19). The monoisotopic (exact) mass is 284 g/mol. The predicted octanol–water partition coefficient (Wildman–Crippen LogP) is 2.43. The molecule has 0 aromatic heterocycles. The Labute approximate surface area is 122 Å². The summed E-state index contributed by atoms with van der Waals surface area (Å²) >= 11 is 0. The summed E-state index contributed by atoms with van der Waals surface area (Å²) in [5, 5.41) is 3.34. The SMILES string of the molecule is Cc1cc(C(N)=O)ccc1NCc1cccc2c1OCO2. The second-order valence-corrected chi connectivity index (χ2v) is 4.90. The van der Waals surface area contributed by atoms with E-state index >= 15 is 0 Å². The van der Waals surface area contributed by atoms with Crippen LogP contribution >= 0.6 is 0 Å². The molecule has 1 aliphatic rings. The molecule has 1 aliphatic heterocycles. The minimum atomic E-state index is -0.420. The third-order valence-corrected chi connectivity index (χ3v) is 3.46. The van der Waals surface area contributed by atoms with Crippen molar-refractivity contribution in [3.8, 4) is 11.5 Å². The van der Waals surface area contributed by atoms with E-state index in [1.165, 1.54) is 0 Å². The lowest BCUT2D eigenvalue weighted by Gasteiger charge is -2.12. The lowest BCUT2D eigenvalue weighted by molar-refractivity contribution is 0.1000. The van der Waals surface area contributed by atoms with E-state index in [1.54, 1.807) is 12.1 Å². The molecule has 0 radical (unpaired) electrons. The molecule has 0 aliphatic carbocycles. The van der Waals surface area contributed by atoms with Gasteiger partial charge in [0.05, 0.1) is 0 Å². The van der Waals surface area contributed by atoms with Gasteiger partial charge in [-0.2, -0.15) is 0 Å². The van der Waals surface area contributed by atoms with E-state index in [9.17, 15) is 4.79 Å². The molecule has 2 aromatic rings. The quantitative estimate of drug-likeness (QED) is 0.904. The smallest absolute Gasteiger partial charge is 0.248 e. The maximum atomic E-state index is 11.1. The van der Waals surface area contributed by atoms with Crippen molar-refractivity contribution in [3.05, 3.63) is 53.1 Å². The molecule has 0 saturated heterocycles. The zero-order chi connectivity index (χ0) is 14.8. The number of hydrogen-bond donors (Lipinski definition) is 2. The van der Waals surface area contributed by atoms with Crippen molar-refractivity contribution in [1.29, 1.82) is 0 Å². The van der Waals surface area contributed by atoms with Gasteiger partial charge in [-0.3, -0.25) is 4.79 Å². The first-order valence-corrected chi connectivity index (χ1v) is 6.67. The van der Waals surface area contributed by atoms with Gasteiger partial charge < -0.3 is 20.5 Å². The van der Waals surface area contributed by atoms with Crippen LogP contribution in [0.4, 0.5) is 5.69 Å². The lowest BCUT2D eigenvalue weighted by Crippen LogP contribution is -2.11. The van der Waals surface area contributed by atoms with E-state index in [1.807, 2.05) is 31.2 Å². The number of benzene rings is 2. The molecular formula is C16H16N2O3. The maximum absolute atomic E-state index is 11.1. The van der Waals surface area contributed by atoms with Crippen LogP contribution in [0.3, 0.4) is 0 Å². The van der Waals surface area contributed by atoms with Crippen LogP contribution < -0.4 is 20.5 Å². The molecule has 0 atom stereocenters. The number of nitrogens with two attached hydrogens (primary N) is 1. The molecule has 0 fully saturated rings. The molecule has 5 nitrogen and oxygen atoms in total. The molecule has 3 rings (SSSR count). The molecule has 1 amide bonds. The zero-order valence-corrected chi connectivity index (χ0v) is 11.7. The number of para-hydroxylation sites is 1. The Balaban J connectivity index is 1.77. The average Bonchev–Trinajstić information content (AvgIpc) is 2.94. The van der Waals surface area contributed by atoms with Gasteiger partial charge in [-0.1, -0.05) is 12.1 Å². The van der Waals surface area contributed by atoms with Gasteiger partial charge in [-0.15, -0.1) is 0 Å². The molecule has 0 saturated carbocycles. The Kier molecular flexibility index (Phi) is 3.39. The number of carbonyl (C=O) groups is 1. The van der Waals surface area contributed by atoms with Crippen LogP contribution in [0.1, 0.15) is 21.5 Å². The Morgan fingerprint density at radius 3 is 2.90 bits per heavy atom. The fourth-order valence-corrected chi connectivity index (χ4v) is 2.34. The molecule has 3 N–H and O–H groups in total. The fraction of sp³-hybridized carbons (Fsp3) is 0.188. The van der Waals surface area contributed by atoms with Crippen molar-refractivity contribution in [1.82, 2.24) is 0 Å².